The van der Waals surface area contributed by atoms with Crippen molar-refractivity contribution < 1.29 is 9.59 Å². The smallest absolute Gasteiger partial charge is 0.244 e. The number of nitrogens with two attached hydrogens (primary N) is 1. The topological polar surface area (TPSA) is 81.2 Å². The number of primary amides is 1. The zero-order valence-corrected chi connectivity index (χ0v) is 12.6. The Kier molecular flexibility index (Phi) is 5.30. The van der Waals surface area contributed by atoms with E-state index in [1.54, 1.807) is 15.8 Å². The molecule has 116 valence electrons. The first-order valence-corrected chi connectivity index (χ1v) is 7.13. The third kappa shape index (κ3) is 4.73. The van der Waals surface area contributed by atoms with Crippen LogP contribution < -0.4 is 5.73 Å². The molecule has 6 heteroatoms. The van der Waals surface area contributed by atoms with Crippen molar-refractivity contribution in [1.29, 1.82) is 0 Å². The number of benzene rings is 1. The lowest BCUT2D eigenvalue weighted by Crippen LogP contribution is -2.36. The van der Waals surface area contributed by atoms with E-state index < -0.39 is 5.91 Å². The Morgan fingerprint density at radius 1 is 1.27 bits per heavy atom. The summed E-state index contributed by atoms with van der Waals surface area (Å²) >= 11 is 0. The normalized spacial score (nSPS) is 10.4. The van der Waals surface area contributed by atoms with Gasteiger partial charge in [-0.05, 0) is 18.1 Å². The van der Waals surface area contributed by atoms with E-state index in [0.29, 0.717) is 13.1 Å². The maximum atomic E-state index is 12.5. The van der Waals surface area contributed by atoms with Crippen LogP contribution in [0.15, 0.2) is 42.7 Å². The van der Waals surface area contributed by atoms with Crippen molar-refractivity contribution in [2.75, 3.05) is 6.54 Å². The first-order chi connectivity index (χ1) is 10.5. The lowest BCUT2D eigenvalue weighted by atomic mass is 10.2. The van der Waals surface area contributed by atoms with Gasteiger partial charge in [0.2, 0.25) is 11.8 Å². The molecule has 0 radical (unpaired) electrons. The fourth-order valence-electron chi connectivity index (χ4n) is 2.13. The molecule has 0 unspecified atom stereocenters. The zero-order chi connectivity index (χ0) is 15.9. The highest BCUT2D eigenvalue weighted by Crippen LogP contribution is 2.07. The van der Waals surface area contributed by atoms with Crippen molar-refractivity contribution >= 4 is 11.8 Å². The van der Waals surface area contributed by atoms with Gasteiger partial charge in [-0.3, -0.25) is 14.3 Å². The van der Waals surface area contributed by atoms with Crippen LogP contribution in [0.25, 0.3) is 0 Å². The number of aryl methyl sites for hydroxylation is 1. The fraction of sp³-hybridized carbons (Fsp3) is 0.312. The molecule has 0 aliphatic rings. The van der Waals surface area contributed by atoms with Crippen LogP contribution in [0.4, 0.5) is 0 Å². The van der Waals surface area contributed by atoms with Gasteiger partial charge in [0, 0.05) is 25.7 Å². The summed E-state index contributed by atoms with van der Waals surface area (Å²) in [6.45, 7) is 2.83. The number of rotatable bonds is 7. The molecule has 2 amide bonds. The highest BCUT2D eigenvalue weighted by Gasteiger charge is 2.15. The molecule has 0 bridgehead atoms. The molecule has 1 aromatic heterocycles. The average Bonchev–Trinajstić information content (AvgIpc) is 2.89. The molecule has 1 heterocycles. The van der Waals surface area contributed by atoms with Crippen LogP contribution >= 0.6 is 0 Å². The summed E-state index contributed by atoms with van der Waals surface area (Å²) in [6.07, 6.45) is 3.67. The highest BCUT2D eigenvalue weighted by molar-refractivity contribution is 5.78. The summed E-state index contributed by atoms with van der Waals surface area (Å²) in [5.74, 6) is -0.506. The van der Waals surface area contributed by atoms with Crippen LogP contribution in [0.5, 0.6) is 0 Å². The van der Waals surface area contributed by atoms with Crippen molar-refractivity contribution in [1.82, 2.24) is 14.7 Å². The van der Waals surface area contributed by atoms with E-state index in [1.165, 1.54) is 0 Å². The Hall–Kier alpha value is -2.63. The number of carbonyl (C=O) groups excluding carboxylic acids is 2. The summed E-state index contributed by atoms with van der Waals surface area (Å²) in [5, 5.41) is 4.12. The van der Waals surface area contributed by atoms with Crippen LogP contribution in [0.3, 0.4) is 0 Å². The van der Waals surface area contributed by atoms with Crippen molar-refractivity contribution in [3.63, 3.8) is 0 Å². The van der Waals surface area contributed by atoms with Crippen LogP contribution in [0.1, 0.15) is 17.5 Å². The van der Waals surface area contributed by atoms with Gasteiger partial charge < -0.3 is 10.6 Å². The molecule has 0 aliphatic carbocycles. The molecule has 0 aliphatic heterocycles. The Bertz CT molecular complexity index is 637. The molecular weight excluding hydrogens is 280 g/mol. The Morgan fingerprint density at radius 2 is 2.00 bits per heavy atom. The summed E-state index contributed by atoms with van der Waals surface area (Å²) in [4.78, 5) is 25.1. The van der Waals surface area contributed by atoms with E-state index in [4.69, 9.17) is 5.73 Å². The summed E-state index contributed by atoms with van der Waals surface area (Å²) in [7, 11) is 0. The van der Waals surface area contributed by atoms with Crippen LogP contribution in [-0.4, -0.2) is 33.0 Å². The van der Waals surface area contributed by atoms with Gasteiger partial charge >= 0.3 is 0 Å². The second-order valence-corrected chi connectivity index (χ2v) is 5.23. The van der Waals surface area contributed by atoms with E-state index in [-0.39, 0.29) is 18.9 Å². The number of carbonyl (C=O) groups is 2. The standard InChI is InChI=1S/C16H20N4O2/c1-13-9-18-20(10-13)12-16(22)19(8-7-15(17)21)11-14-5-3-2-4-6-14/h2-6,9-10H,7-8,11-12H2,1H3,(H2,17,21). The van der Waals surface area contributed by atoms with Gasteiger partial charge in [-0.15, -0.1) is 0 Å². The van der Waals surface area contributed by atoms with Gasteiger partial charge in [-0.25, -0.2) is 0 Å². The maximum absolute atomic E-state index is 12.5. The molecular formula is C16H20N4O2. The largest absolute Gasteiger partial charge is 0.370 e. The number of hydrogen-bond donors (Lipinski definition) is 1. The molecule has 0 fully saturated rings. The third-order valence-electron chi connectivity index (χ3n) is 3.26. The van der Waals surface area contributed by atoms with E-state index in [9.17, 15) is 9.59 Å². The van der Waals surface area contributed by atoms with Gasteiger partial charge in [0.15, 0.2) is 0 Å². The van der Waals surface area contributed by atoms with Crippen LogP contribution in [0, 0.1) is 6.92 Å². The van der Waals surface area contributed by atoms with Gasteiger partial charge in [0.25, 0.3) is 0 Å². The molecule has 0 spiro atoms. The molecule has 0 saturated carbocycles. The molecule has 2 N–H and O–H groups in total. The molecule has 22 heavy (non-hydrogen) atoms. The van der Waals surface area contributed by atoms with Crippen molar-refractivity contribution in [2.45, 2.75) is 26.4 Å². The van der Waals surface area contributed by atoms with Gasteiger partial charge in [0.1, 0.15) is 6.54 Å². The minimum absolute atomic E-state index is 0.0896. The van der Waals surface area contributed by atoms with Crippen molar-refractivity contribution in [3.05, 3.63) is 53.9 Å². The molecule has 0 atom stereocenters. The van der Waals surface area contributed by atoms with Crippen molar-refractivity contribution in [3.8, 4) is 0 Å². The summed E-state index contributed by atoms with van der Waals surface area (Å²) in [5.41, 5.74) is 7.21. The minimum atomic E-state index is -0.416. The Balaban J connectivity index is 2.05. The molecule has 6 nitrogen and oxygen atoms in total. The molecule has 2 rings (SSSR count). The number of hydrogen-bond acceptors (Lipinski definition) is 3. The monoisotopic (exact) mass is 300 g/mol. The van der Waals surface area contributed by atoms with Crippen molar-refractivity contribution in [2.24, 2.45) is 5.73 Å². The number of aromatic nitrogens is 2. The number of amides is 2. The van der Waals surface area contributed by atoms with E-state index in [1.807, 2.05) is 43.5 Å². The van der Waals surface area contributed by atoms with Crippen LogP contribution in [-0.2, 0) is 22.7 Å². The molecule has 0 saturated heterocycles. The van der Waals surface area contributed by atoms with Gasteiger partial charge in [-0.2, -0.15) is 5.10 Å². The lowest BCUT2D eigenvalue weighted by Gasteiger charge is -2.22. The maximum Gasteiger partial charge on any atom is 0.244 e. The third-order valence-corrected chi connectivity index (χ3v) is 3.26. The summed E-state index contributed by atoms with van der Waals surface area (Å²) < 4.78 is 1.60. The lowest BCUT2D eigenvalue weighted by molar-refractivity contribution is -0.133. The first kappa shape index (κ1) is 15.8. The zero-order valence-electron chi connectivity index (χ0n) is 12.6. The van der Waals surface area contributed by atoms with E-state index in [2.05, 4.69) is 5.10 Å². The second-order valence-electron chi connectivity index (χ2n) is 5.23. The van der Waals surface area contributed by atoms with Gasteiger partial charge in [0.05, 0.1) is 6.20 Å². The second kappa shape index (κ2) is 7.40. The highest BCUT2D eigenvalue weighted by atomic mass is 16.2. The minimum Gasteiger partial charge on any atom is -0.370 e. The SMILES string of the molecule is Cc1cnn(CC(=O)N(CCC(N)=O)Cc2ccccc2)c1. The Labute approximate surface area is 129 Å². The predicted octanol–water partition coefficient (Wildman–Crippen LogP) is 1.10. The first-order valence-electron chi connectivity index (χ1n) is 7.13. The average molecular weight is 300 g/mol. The van der Waals surface area contributed by atoms with Gasteiger partial charge in [-0.1, -0.05) is 30.3 Å². The van der Waals surface area contributed by atoms with E-state index >= 15 is 0 Å². The van der Waals surface area contributed by atoms with Crippen LogP contribution in [0.2, 0.25) is 0 Å². The molecule has 2 aromatic rings. The number of nitrogens with zero attached hydrogens (tertiary/aromatic N) is 3. The fourth-order valence-corrected chi connectivity index (χ4v) is 2.13. The van der Waals surface area contributed by atoms with E-state index in [0.717, 1.165) is 11.1 Å². The quantitative estimate of drug-likeness (QED) is 0.831. The predicted molar refractivity (Wildman–Crippen MR) is 82.6 cm³/mol. The summed E-state index contributed by atoms with van der Waals surface area (Å²) in [6, 6.07) is 9.66. The Morgan fingerprint density at radius 3 is 2.59 bits per heavy atom. The molecule has 1 aromatic carbocycles.